The minimum absolute atomic E-state index is 0.00186. The molecule has 4 nitrogen and oxygen atoms in total. The van der Waals surface area contributed by atoms with Crippen molar-refractivity contribution < 1.29 is 9.53 Å². The molecule has 0 spiro atoms. The number of carbonyl (C=O) groups is 1. The number of aryl methyl sites for hydroxylation is 1. The van der Waals surface area contributed by atoms with E-state index in [-0.39, 0.29) is 18.6 Å². The van der Waals surface area contributed by atoms with Gasteiger partial charge in [-0.25, -0.2) is 0 Å². The van der Waals surface area contributed by atoms with E-state index in [1.165, 1.54) is 0 Å². The highest BCUT2D eigenvalue weighted by Gasteiger charge is 2.10. The Kier molecular flexibility index (Phi) is 6.45. The van der Waals surface area contributed by atoms with E-state index >= 15 is 0 Å². The highest BCUT2D eigenvalue weighted by Crippen LogP contribution is 2.19. The van der Waals surface area contributed by atoms with Gasteiger partial charge in [-0.3, -0.25) is 4.79 Å². The van der Waals surface area contributed by atoms with Crippen LogP contribution in [0.3, 0.4) is 0 Å². The van der Waals surface area contributed by atoms with Crippen LogP contribution in [0.4, 0.5) is 0 Å². The first-order chi connectivity index (χ1) is 9.47. The zero-order chi connectivity index (χ0) is 15.1. The van der Waals surface area contributed by atoms with Crippen molar-refractivity contribution in [2.75, 3.05) is 6.61 Å². The second kappa shape index (κ2) is 7.85. The van der Waals surface area contributed by atoms with Crippen LogP contribution in [0.2, 0.25) is 0 Å². The summed E-state index contributed by atoms with van der Waals surface area (Å²) < 4.78 is 5.55. The number of hydrogen-bond acceptors (Lipinski definition) is 3. The Morgan fingerprint density at radius 2 is 2.05 bits per heavy atom. The number of carbonyl (C=O) groups excluding carboxylic acids is 1. The molecular formula is C15H22N2O2S. The SMILES string of the molecule is CCC(CC)NC(=O)COc1cc(C(N)=S)ccc1C. The molecule has 0 atom stereocenters. The van der Waals surface area contributed by atoms with Crippen LogP contribution in [0.1, 0.15) is 37.8 Å². The molecule has 1 amide bonds. The first-order valence-corrected chi connectivity index (χ1v) is 7.21. The number of rotatable bonds is 7. The molecular weight excluding hydrogens is 272 g/mol. The fraction of sp³-hybridized carbons (Fsp3) is 0.467. The molecule has 1 aromatic carbocycles. The molecule has 3 N–H and O–H groups in total. The van der Waals surface area contributed by atoms with Gasteiger partial charge < -0.3 is 15.8 Å². The van der Waals surface area contributed by atoms with Gasteiger partial charge in [0.25, 0.3) is 5.91 Å². The molecule has 0 unspecified atom stereocenters. The molecule has 0 saturated heterocycles. The second-order valence-electron chi connectivity index (χ2n) is 4.71. The first kappa shape index (κ1) is 16.4. The smallest absolute Gasteiger partial charge is 0.258 e. The molecule has 5 heteroatoms. The average Bonchev–Trinajstić information content (AvgIpc) is 2.43. The maximum absolute atomic E-state index is 11.8. The number of nitrogens with two attached hydrogens (primary N) is 1. The monoisotopic (exact) mass is 294 g/mol. The predicted molar refractivity (Wildman–Crippen MR) is 85.1 cm³/mol. The van der Waals surface area contributed by atoms with Crippen molar-refractivity contribution in [3.05, 3.63) is 29.3 Å². The number of benzene rings is 1. The molecule has 0 fully saturated rings. The Balaban J connectivity index is 2.63. The largest absolute Gasteiger partial charge is 0.483 e. The Labute approximate surface area is 125 Å². The van der Waals surface area contributed by atoms with Gasteiger partial charge >= 0.3 is 0 Å². The summed E-state index contributed by atoms with van der Waals surface area (Å²) in [5.74, 6) is 0.522. The van der Waals surface area contributed by atoms with Crippen molar-refractivity contribution in [3.8, 4) is 5.75 Å². The summed E-state index contributed by atoms with van der Waals surface area (Å²) in [5, 5.41) is 2.93. The zero-order valence-corrected chi connectivity index (χ0v) is 13.0. The summed E-state index contributed by atoms with van der Waals surface area (Å²) in [6, 6.07) is 5.69. The third-order valence-corrected chi connectivity index (χ3v) is 3.42. The summed E-state index contributed by atoms with van der Waals surface area (Å²) in [7, 11) is 0. The van der Waals surface area contributed by atoms with Crippen molar-refractivity contribution in [1.29, 1.82) is 0 Å². The highest BCUT2D eigenvalue weighted by atomic mass is 32.1. The first-order valence-electron chi connectivity index (χ1n) is 6.80. The molecule has 110 valence electrons. The van der Waals surface area contributed by atoms with Gasteiger partial charge in [-0.15, -0.1) is 0 Å². The van der Waals surface area contributed by atoms with Gasteiger partial charge in [0.1, 0.15) is 10.7 Å². The number of hydrogen-bond donors (Lipinski definition) is 2. The summed E-state index contributed by atoms with van der Waals surface area (Å²) in [6.07, 6.45) is 1.83. The summed E-state index contributed by atoms with van der Waals surface area (Å²) in [5.41, 5.74) is 7.27. The summed E-state index contributed by atoms with van der Waals surface area (Å²) in [4.78, 5) is 12.1. The molecule has 0 saturated carbocycles. The summed E-state index contributed by atoms with van der Waals surface area (Å²) in [6.45, 7) is 6.01. The van der Waals surface area contributed by atoms with Gasteiger partial charge in [-0.05, 0) is 31.4 Å². The predicted octanol–water partition coefficient (Wildman–Crippen LogP) is 2.31. The highest BCUT2D eigenvalue weighted by molar-refractivity contribution is 7.80. The molecule has 1 aromatic rings. The van der Waals surface area contributed by atoms with Crippen LogP contribution in [0, 0.1) is 6.92 Å². The molecule has 0 bridgehead atoms. The van der Waals surface area contributed by atoms with Gasteiger partial charge in [-0.2, -0.15) is 0 Å². The van der Waals surface area contributed by atoms with Crippen molar-refractivity contribution >= 4 is 23.1 Å². The number of nitrogens with one attached hydrogen (secondary N) is 1. The van der Waals surface area contributed by atoms with E-state index in [0.717, 1.165) is 24.0 Å². The normalized spacial score (nSPS) is 10.4. The van der Waals surface area contributed by atoms with E-state index in [0.29, 0.717) is 10.7 Å². The molecule has 0 heterocycles. The van der Waals surface area contributed by atoms with Crippen molar-refractivity contribution in [3.63, 3.8) is 0 Å². The Bertz CT molecular complexity index is 485. The van der Waals surface area contributed by atoms with E-state index in [1.54, 1.807) is 6.07 Å². The minimum Gasteiger partial charge on any atom is -0.483 e. The maximum Gasteiger partial charge on any atom is 0.258 e. The fourth-order valence-electron chi connectivity index (χ4n) is 1.81. The molecule has 0 aliphatic carbocycles. The fourth-order valence-corrected chi connectivity index (χ4v) is 1.94. The Morgan fingerprint density at radius 3 is 2.60 bits per heavy atom. The van der Waals surface area contributed by atoms with Crippen molar-refractivity contribution in [2.24, 2.45) is 5.73 Å². The zero-order valence-electron chi connectivity index (χ0n) is 12.2. The molecule has 0 aliphatic rings. The van der Waals surface area contributed by atoms with Crippen LogP contribution in [-0.4, -0.2) is 23.5 Å². The van der Waals surface area contributed by atoms with Gasteiger partial charge in [0, 0.05) is 11.6 Å². The molecule has 0 aliphatic heterocycles. The van der Waals surface area contributed by atoms with Crippen LogP contribution in [0.25, 0.3) is 0 Å². The minimum atomic E-state index is -0.112. The van der Waals surface area contributed by atoms with E-state index in [9.17, 15) is 4.79 Å². The Hall–Kier alpha value is -1.62. The lowest BCUT2D eigenvalue weighted by Crippen LogP contribution is -2.37. The number of ether oxygens (including phenoxy) is 1. The van der Waals surface area contributed by atoms with Gasteiger partial charge in [0.05, 0.1) is 0 Å². The molecule has 20 heavy (non-hydrogen) atoms. The van der Waals surface area contributed by atoms with Crippen LogP contribution in [0.5, 0.6) is 5.75 Å². The Morgan fingerprint density at radius 1 is 1.40 bits per heavy atom. The van der Waals surface area contributed by atoms with Crippen molar-refractivity contribution in [2.45, 2.75) is 39.7 Å². The quantitative estimate of drug-likeness (QED) is 0.758. The van der Waals surface area contributed by atoms with E-state index in [2.05, 4.69) is 5.32 Å². The third kappa shape index (κ3) is 4.81. The van der Waals surface area contributed by atoms with Crippen LogP contribution in [-0.2, 0) is 4.79 Å². The lowest BCUT2D eigenvalue weighted by atomic mass is 10.1. The molecule has 1 rings (SSSR count). The molecule has 0 aromatic heterocycles. The second-order valence-corrected chi connectivity index (χ2v) is 5.15. The van der Waals surface area contributed by atoms with Gasteiger partial charge in [0.2, 0.25) is 0 Å². The van der Waals surface area contributed by atoms with Crippen LogP contribution in [0.15, 0.2) is 18.2 Å². The molecule has 0 radical (unpaired) electrons. The van der Waals surface area contributed by atoms with E-state index < -0.39 is 0 Å². The summed E-state index contributed by atoms with van der Waals surface area (Å²) >= 11 is 4.93. The third-order valence-electron chi connectivity index (χ3n) is 3.18. The lowest BCUT2D eigenvalue weighted by Gasteiger charge is -2.15. The van der Waals surface area contributed by atoms with Gasteiger partial charge in [-0.1, -0.05) is 38.2 Å². The topological polar surface area (TPSA) is 64.3 Å². The van der Waals surface area contributed by atoms with E-state index in [4.69, 9.17) is 22.7 Å². The lowest BCUT2D eigenvalue weighted by molar-refractivity contribution is -0.123. The van der Waals surface area contributed by atoms with Crippen LogP contribution < -0.4 is 15.8 Å². The standard InChI is InChI=1S/C15H22N2O2S/c1-4-12(5-2)17-14(18)9-19-13-8-11(15(16)20)7-6-10(13)3/h6-8,12H,4-5,9H2,1-3H3,(H2,16,20)(H,17,18). The van der Waals surface area contributed by atoms with Gasteiger partial charge in [0.15, 0.2) is 6.61 Å². The van der Waals surface area contributed by atoms with Crippen LogP contribution >= 0.6 is 12.2 Å². The average molecular weight is 294 g/mol. The maximum atomic E-state index is 11.8. The van der Waals surface area contributed by atoms with E-state index in [1.807, 2.05) is 32.9 Å². The number of thiocarbonyl (C=S) groups is 1. The number of amides is 1. The van der Waals surface area contributed by atoms with Crippen molar-refractivity contribution in [1.82, 2.24) is 5.32 Å².